The first-order valence-electron chi connectivity index (χ1n) is 21.3. The Bertz CT molecular complexity index is 3700. The third kappa shape index (κ3) is 4.73. The Hall–Kier alpha value is -8.41. The van der Waals surface area contributed by atoms with Gasteiger partial charge in [0.05, 0.1) is 5.41 Å². The molecule has 14 rings (SSSR count). The smallest absolute Gasteiger partial charge is 0.164 e. The van der Waals surface area contributed by atoms with E-state index >= 15 is 0 Å². The molecule has 0 radical (unpaired) electrons. The van der Waals surface area contributed by atoms with Crippen molar-refractivity contribution in [1.82, 2.24) is 15.0 Å². The quantitative estimate of drug-likeness (QED) is 0.177. The molecule has 0 fully saturated rings. The van der Waals surface area contributed by atoms with Crippen molar-refractivity contribution >= 4 is 43.9 Å². The standard InChI is InChI=1S/C58H33N3O2/c1-2-20-44(36(14-1)42-21-13-22-43-39-17-5-10-25-49(39)58(54(42)43)47-23-8-3-15-37(47)38-16-4-9-24-48(38)58)57-60-55(34-28-30-52-45(32-34)40-18-6-11-26-50(40)62-52)59-56(61-57)35-29-31-53-46(33-35)41-19-7-12-27-51(41)63-53/h1-33H. The van der Waals surface area contributed by atoms with Gasteiger partial charge in [0.2, 0.25) is 0 Å². The van der Waals surface area contributed by atoms with Gasteiger partial charge in [-0.2, -0.15) is 0 Å². The number of aromatic nitrogens is 3. The van der Waals surface area contributed by atoms with E-state index in [0.717, 1.165) is 71.7 Å². The highest BCUT2D eigenvalue weighted by Crippen LogP contribution is 2.64. The van der Waals surface area contributed by atoms with E-state index in [1.54, 1.807) is 0 Å². The fourth-order valence-corrected chi connectivity index (χ4v) is 10.8. The summed E-state index contributed by atoms with van der Waals surface area (Å²) in [6.07, 6.45) is 0. The molecule has 2 aliphatic carbocycles. The average molecular weight is 804 g/mol. The number of furan rings is 2. The number of rotatable bonds is 4. The van der Waals surface area contributed by atoms with Gasteiger partial charge >= 0.3 is 0 Å². The SMILES string of the molecule is c1ccc(-c2cccc3c2C2(c4ccccc4-c4ccccc42)c2ccccc2-3)c(-c2nc(-c3ccc4oc5ccccc5c4c3)nc(-c3ccc4oc5ccccc5c4c3)n2)c1. The summed E-state index contributed by atoms with van der Waals surface area (Å²) in [5, 5.41) is 4.13. The topological polar surface area (TPSA) is 65.0 Å². The van der Waals surface area contributed by atoms with Crippen LogP contribution in [-0.2, 0) is 5.41 Å². The van der Waals surface area contributed by atoms with Gasteiger partial charge in [-0.3, -0.25) is 0 Å². The highest BCUT2D eigenvalue weighted by atomic mass is 16.3. The van der Waals surface area contributed by atoms with Crippen molar-refractivity contribution in [2.24, 2.45) is 0 Å². The van der Waals surface area contributed by atoms with E-state index in [1.807, 2.05) is 60.7 Å². The Labute approximate surface area is 361 Å². The van der Waals surface area contributed by atoms with Crippen molar-refractivity contribution in [2.75, 3.05) is 0 Å². The van der Waals surface area contributed by atoms with E-state index in [2.05, 4.69) is 140 Å². The highest BCUT2D eigenvalue weighted by molar-refractivity contribution is 6.07. The van der Waals surface area contributed by atoms with E-state index in [-0.39, 0.29) is 0 Å². The summed E-state index contributed by atoms with van der Waals surface area (Å²) in [5.41, 5.74) is 17.9. The van der Waals surface area contributed by atoms with Crippen LogP contribution in [0.2, 0.25) is 0 Å². The summed E-state index contributed by atoms with van der Waals surface area (Å²) in [6, 6.07) is 71.0. The number of para-hydroxylation sites is 2. The average Bonchev–Trinajstić information content (AvgIpc) is 4.09. The zero-order chi connectivity index (χ0) is 41.2. The normalized spacial score (nSPS) is 13.2. The molecule has 0 amide bonds. The molecule has 292 valence electrons. The maximum absolute atomic E-state index is 6.24. The first kappa shape index (κ1) is 34.3. The molecule has 1 spiro atoms. The van der Waals surface area contributed by atoms with E-state index in [0.29, 0.717) is 17.5 Å². The summed E-state index contributed by atoms with van der Waals surface area (Å²) in [4.78, 5) is 16.0. The predicted octanol–water partition coefficient (Wildman–Crippen LogP) is 14.7. The molecule has 0 saturated carbocycles. The van der Waals surface area contributed by atoms with Crippen molar-refractivity contribution in [3.8, 4) is 67.5 Å². The van der Waals surface area contributed by atoms with Crippen LogP contribution >= 0.6 is 0 Å². The molecular formula is C58H33N3O2. The third-order valence-corrected chi connectivity index (χ3v) is 13.4. The van der Waals surface area contributed by atoms with Gasteiger partial charge in [0, 0.05) is 38.2 Å². The Morgan fingerprint density at radius 1 is 0.286 bits per heavy atom. The second-order valence-corrected chi connectivity index (χ2v) is 16.6. The van der Waals surface area contributed by atoms with Gasteiger partial charge in [0.1, 0.15) is 22.3 Å². The number of hydrogen-bond acceptors (Lipinski definition) is 5. The van der Waals surface area contributed by atoms with Crippen molar-refractivity contribution in [3.05, 3.63) is 222 Å². The molecule has 0 saturated heterocycles. The van der Waals surface area contributed by atoms with Crippen molar-refractivity contribution in [3.63, 3.8) is 0 Å². The van der Waals surface area contributed by atoms with Gasteiger partial charge in [-0.1, -0.05) is 152 Å². The minimum absolute atomic E-state index is 0.524. The number of nitrogens with zero attached hydrogens (tertiary/aromatic N) is 3. The Balaban J connectivity index is 1.03. The first-order chi connectivity index (χ1) is 31.2. The van der Waals surface area contributed by atoms with E-state index in [1.165, 1.54) is 44.5 Å². The molecule has 9 aromatic carbocycles. The van der Waals surface area contributed by atoms with Crippen LogP contribution in [-0.4, -0.2) is 15.0 Å². The fraction of sp³-hybridized carbons (Fsp3) is 0.0172. The van der Waals surface area contributed by atoms with Gasteiger partial charge in [-0.15, -0.1) is 0 Å². The first-order valence-corrected chi connectivity index (χ1v) is 21.3. The van der Waals surface area contributed by atoms with Crippen LogP contribution in [0.25, 0.3) is 111 Å². The lowest BCUT2D eigenvalue weighted by atomic mass is 9.68. The summed E-state index contributed by atoms with van der Waals surface area (Å²) in [7, 11) is 0. The van der Waals surface area contributed by atoms with Gasteiger partial charge in [0.15, 0.2) is 17.5 Å². The zero-order valence-electron chi connectivity index (χ0n) is 33.7. The molecule has 5 heteroatoms. The van der Waals surface area contributed by atoms with Crippen molar-refractivity contribution in [1.29, 1.82) is 0 Å². The molecule has 3 heterocycles. The monoisotopic (exact) mass is 803 g/mol. The molecule has 2 aliphatic rings. The van der Waals surface area contributed by atoms with Crippen LogP contribution in [0.3, 0.4) is 0 Å². The molecule has 12 aromatic rings. The minimum Gasteiger partial charge on any atom is -0.456 e. The molecule has 0 bridgehead atoms. The lowest BCUT2D eigenvalue weighted by molar-refractivity contribution is 0.668. The van der Waals surface area contributed by atoms with E-state index in [9.17, 15) is 0 Å². The van der Waals surface area contributed by atoms with E-state index in [4.69, 9.17) is 23.8 Å². The van der Waals surface area contributed by atoms with E-state index < -0.39 is 5.41 Å². The summed E-state index contributed by atoms with van der Waals surface area (Å²) >= 11 is 0. The second-order valence-electron chi connectivity index (χ2n) is 16.6. The lowest BCUT2D eigenvalue weighted by Gasteiger charge is -2.32. The summed E-state index contributed by atoms with van der Waals surface area (Å²) < 4.78 is 12.5. The van der Waals surface area contributed by atoms with Crippen LogP contribution in [0.15, 0.2) is 209 Å². The molecule has 5 nitrogen and oxygen atoms in total. The fourth-order valence-electron chi connectivity index (χ4n) is 10.8. The van der Waals surface area contributed by atoms with Crippen molar-refractivity contribution < 1.29 is 8.83 Å². The predicted molar refractivity (Wildman–Crippen MR) is 252 cm³/mol. The van der Waals surface area contributed by atoms with Crippen LogP contribution in [0.5, 0.6) is 0 Å². The Morgan fingerprint density at radius 2 is 0.667 bits per heavy atom. The summed E-state index contributed by atoms with van der Waals surface area (Å²) in [6.45, 7) is 0. The highest BCUT2D eigenvalue weighted by Gasteiger charge is 2.52. The van der Waals surface area contributed by atoms with Crippen molar-refractivity contribution in [2.45, 2.75) is 5.41 Å². The van der Waals surface area contributed by atoms with Gasteiger partial charge in [0.25, 0.3) is 0 Å². The minimum atomic E-state index is -0.524. The van der Waals surface area contributed by atoms with Gasteiger partial charge < -0.3 is 8.83 Å². The molecule has 0 aliphatic heterocycles. The van der Waals surface area contributed by atoms with Crippen LogP contribution < -0.4 is 0 Å². The van der Waals surface area contributed by atoms with Crippen LogP contribution in [0, 0.1) is 0 Å². The van der Waals surface area contributed by atoms with Gasteiger partial charge in [-0.25, -0.2) is 15.0 Å². The third-order valence-electron chi connectivity index (χ3n) is 13.4. The molecule has 0 atom stereocenters. The van der Waals surface area contributed by atoms with Crippen LogP contribution in [0.1, 0.15) is 22.3 Å². The molecular weight excluding hydrogens is 771 g/mol. The number of hydrogen-bond donors (Lipinski definition) is 0. The van der Waals surface area contributed by atoms with Crippen LogP contribution in [0.4, 0.5) is 0 Å². The number of fused-ring (bicyclic) bond motifs is 16. The second kappa shape index (κ2) is 12.8. The Morgan fingerprint density at radius 3 is 1.21 bits per heavy atom. The maximum atomic E-state index is 6.24. The Kier molecular flexibility index (Phi) is 6.97. The molecule has 63 heavy (non-hydrogen) atoms. The maximum Gasteiger partial charge on any atom is 0.164 e. The summed E-state index contributed by atoms with van der Waals surface area (Å²) in [5.74, 6) is 1.75. The number of benzene rings is 9. The van der Waals surface area contributed by atoms with Gasteiger partial charge in [-0.05, 0) is 104 Å². The zero-order valence-corrected chi connectivity index (χ0v) is 33.7. The largest absolute Gasteiger partial charge is 0.456 e. The molecule has 3 aromatic heterocycles. The lowest BCUT2D eigenvalue weighted by Crippen LogP contribution is -2.26. The molecule has 0 N–H and O–H groups in total. The molecule has 0 unspecified atom stereocenters.